The zero-order valence-electron chi connectivity index (χ0n) is 12.0. The van der Waals surface area contributed by atoms with E-state index >= 15 is 0 Å². The van der Waals surface area contributed by atoms with E-state index in [4.69, 9.17) is 0 Å². The number of hydrogen-bond acceptors (Lipinski definition) is 0. The standard InChI is InChI=1S/C20H22/c1-2-6-18-12-15(11-17(18)5-1)9-10-16-13-19-7-3-4-8-20(19)14-16/h1-8,15-16H,9-14H2. The van der Waals surface area contributed by atoms with Gasteiger partial charge in [-0.25, -0.2) is 0 Å². The maximum absolute atomic E-state index is 2.32. The van der Waals surface area contributed by atoms with Gasteiger partial charge in [0, 0.05) is 0 Å². The Morgan fingerprint density at radius 2 is 0.850 bits per heavy atom. The van der Waals surface area contributed by atoms with E-state index in [0.717, 1.165) is 11.8 Å². The molecule has 0 amide bonds. The number of hydrogen-bond donors (Lipinski definition) is 0. The van der Waals surface area contributed by atoms with E-state index in [1.165, 1.54) is 38.5 Å². The first kappa shape index (κ1) is 12.2. The second-order valence-corrected chi connectivity index (χ2v) is 6.66. The summed E-state index contributed by atoms with van der Waals surface area (Å²) < 4.78 is 0. The summed E-state index contributed by atoms with van der Waals surface area (Å²) in [6.07, 6.45) is 8.08. The van der Waals surface area contributed by atoms with Crippen molar-refractivity contribution >= 4 is 0 Å². The van der Waals surface area contributed by atoms with Crippen molar-refractivity contribution in [2.75, 3.05) is 0 Å². The van der Waals surface area contributed by atoms with Crippen molar-refractivity contribution in [2.24, 2.45) is 11.8 Å². The lowest BCUT2D eigenvalue weighted by atomic mass is 9.92. The van der Waals surface area contributed by atoms with Crippen molar-refractivity contribution < 1.29 is 0 Å². The van der Waals surface area contributed by atoms with Crippen LogP contribution in [0, 0.1) is 11.8 Å². The molecule has 2 aromatic carbocycles. The fraction of sp³-hybridized carbons (Fsp3) is 0.400. The lowest BCUT2D eigenvalue weighted by Crippen LogP contribution is -2.06. The van der Waals surface area contributed by atoms with Crippen molar-refractivity contribution in [3.8, 4) is 0 Å². The second kappa shape index (κ2) is 5.09. The van der Waals surface area contributed by atoms with E-state index in [0.29, 0.717) is 0 Å². The van der Waals surface area contributed by atoms with Gasteiger partial charge in [0.1, 0.15) is 0 Å². The molecule has 0 bridgehead atoms. The topological polar surface area (TPSA) is 0 Å². The summed E-state index contributed by atoms with van der Waals surface area (Å²) in [6.45, 7) is 0. The Morgan fingerprint density at radius 3 is 1.15 bits per heavy atom. The SMILES string of the molecule is c1ccc2c(c1)CC(CCC1Cc3ccccc3C1)C2. The Balaban J connectivity index is 1.33. The first-order valence-electron chi connectivity index (χ1n) is 8.02. The zero-order chi connectivity index (χ0) is 13.4. The van der Waals surface area contributed by atoms with Gasteiger partial charge in [-0.2, -0.15) is 0 Å². The smallest absolute Gasteiger partial charge is 0.0244 e. The molecule has 0 radical (unpaired) electrons. The van der Waals surface area contributed by atoms with Crippen molar-refractivity contribution in [1.82, 2.24) is 0 Å². The van der Waals surface area contributed by atoms with Gasteiger partial charge in [-0.1, -0.05) is 48.5 Å². The molecule has 0 N–H and O–H groups in total. The van der Waals surface area contributed by atoms with Crippen LogP contribution in [0.2, 0.25) is 0 Å². The predicted octanol–water partition coefficient (Wildman–Crippen LogP) is 4.60. The van der Waals surface area contributed by atoms with Gasteiger partial charge in [0.25, 0.3) is 0 Å². The summed E-state index contributed by atoms with van der Waals surface area (Å²) in [6, 6.07) is 18.0. The zero-order valence-corrected chi connectivity index (χ0v) is 12.0. The minimum absolute atomic E-state index is 0.899. The van der Waals surface area contributed by atoms with Gasteiger partial charge in [0.05, 0.1) is 0 Å². The molecule has 4 rings (SSSR count). The van der Waals surface area contributed by atoms with E-state index in [2.05, 4.69) is 48.5 Å². The molecule has 0 aromatic heterocycles. The van der Waals surface area contributed by atoms with Crippen molar-refractivity contribution in [3.05, 3.63) is 70.8 Å². The lowest BCUT2D eigenvalue weighted by Gasteiger charge is -2.13. The highest BCUT2D eigenvalue weighted by Gasteiger charge is 2.25. The lowest BCUT2D eigenvalue weighted by molar-refractivity contribution is 0.411. The maximum atomic E-state index is 2.32. The van der Waals surface area contributed by atoms with Crippen LogP contribution in [-0.4, -0.2) is 0 Å². The van der Waals surface area contributed by atoms with Crippen LogP contribution in [-0.2, 0) is 25.7 Å². The fourth-order valence-corrected chi connectivity index (χ4v) is 4.18. The Bertz CT molecular complexity index is 505. The number of rotatable bonds is 3. The summed E-state index contributed by atoms with van der Waals surface area (Å²) in [5.74, 6) is 1.80. The van der Waals surface area contributed by atoms with Crippen LogP contribution >= 0.6 is 0 Å². The van der Waals surface area contributed by atoms with Crippen LogP contribution in [0.4, 0.5) is 0 Å². The molecule has 0 nitrogen and oxygen atoms in total. The molecule has 0 atom stereocenters. The third kappa shape index (κ3) is 2.28. The van der Waals surface area contributed by atoms with E-state index in [-0.39, 0.29) is 0 Å². The van der Waals surface area contributed by atoms with Gasteiger partial charge in [-0.05, 0) is 72.6 Å². The Labute approximate surface area is 121 Å². The van der Waals surface area contributed by atoms with Crippen LogP contribution in [0.1, 0.15) is 35.1 Å². The van der Waals surface area contributed by atoms with Gasteiger partial charge in [-0.3, -0.25) is 0 Å². The largest absolute Gasteiger partial charge is 0.0620 e. The van der Waals surface area contributed by atoms with Crippen LogP contribution < -0.4 is 0 Å². The molecule has 0 saturated heterocycles. The molecule has 0 spiro atoms. The molecule has 2 aromatic rings. The third-order valence-electron chi connectivity index (χ3n) is 5.25. The fourth-order valence-electron chi connectivity index (χ4n) is 4.18. The summed E-state index contributed by atoms with van der Waals surface area (Å²) in [5.41, 5.74) is 6.42. The van der Waals surface area contributed by atoms with Gasteiger partial charge >= 0.3 is 0 Å². The van der Waals surface area contributed by atoms with Crippen molar-refractivity contribution in [1.29, 1.82) is 0 Å². The minimum atomic E-state index is 0.899. The van der Waals surface area contributed by atoms with E-state index in [9.17, 15) is 0 Å². The molecule has 0 aliphatic heterocycles. The van der Waals surface area contributed by atoms with Crippen molar-refractivity contribution in [2.45, 2.75) is 38.5 Å². The Kier molecular flexibility index (Phi) is 3.10. The van der Waals surface area contributed by atoms with Crippen molar-refractivity contribution in [3.63, 3.8) is 0 Å². The summed E-state index contributed by atoms with van der Waals surface area (Å²) in [7, 11) is 0. The monoisotopic (exact) mass is 262 g/mol. The third-order valence-corrected chi connectivity index (χ3v) is 5.25. The molecule has 0 heterocycles. The van der Waals surface area contributed by atoms with E-state index in [1.54, 1.807) is 22.3 Å². The molecule has 0 saturated carbocycles. The summed E-state index contributed by atoms with van der Waals surface area (Å²) in [5, 5.41) is 0. The molecular weight excluding hydrogens is 240 g/mol. The quantitative estimate of drug-likeness (QED) is 0.758. The van der Waals surface area contributed by atoms with Gasteiger partial charge in [0.15, 0.2) is 0 Å². The normalized spacial score (nSPS) is 18.2. The maximum Gasteiger partial charge on any atom is -0.0244 e. The molecule has 0 fully saturated rings. The number of benzene rings is 2. The van der Waals surface area contributed by atoms with Crippen LogP contribution in [0.5, 0.6) is 0 Å². The highest BCUT2D eigenvalue weighted by molar-refractivity contribution is 5.33. The molecule has 20 heavy (non-hydrogen) atoms. The Morgan fingerprint density at radius 1 is 0.550 bits per heavy atom. The predicted molar refractivity (Wildman–Crippen MR) is 83.9 cm³/mol. The molecule has 0 unspecified atom stereocenters. The summed E-state index contributed by atoms with van der Waals surface area (Å²) in [4.78, 5) is 0. The molecule has 2 aliphatic rings. The molecule has 2 aliphatic carbocycles. The van der Waals surface area contributed by atoms with Gasteiger partial charge in [0.2, 0.25) is 0 Å². The molecule has 102 valence electrons. The highest BCUT2D eigenvalue weighted by atomic mass is 14.3. The molecular formula is C20H22. The van der Waals surface area contributed by atoms with Crippen LogP contribution in [0.15, 0.2) is 48.5 Å². The number of fused-ring (bicyclic) bond motifs is 2. The van der Waals surface area contributed by atoms with E-state index < -0.39 is 0 Å². The summed E-state index contributed by atoms with van der Waals surface area (Å²) >= 11 is 0. The Hall–Kier alpha value is -1.56. The first-order valence-corrected chi connectivity index (χ1v) is 8.02. The molecule has 0 heteroatoms. The van der Waals surface area contributed by atoms with Crippen LogP contribution in [0.25, 0.3) is 0 Å². The average molecular weight is 262 g/mol. The van der Waals surface area contributed by atoms with E-state index in [1.807, 2.05) is 0 Å². The van der Waals surface area contributed by atoms with Crippen LogP contribution in [0.3, 0.4) is 0 Å². The van der Waals surface area contributed by atoms with Gasteiger partial charge in [-0.15, -0.1) is 0 Å². The average Bonchev–Trinajstić information content (AvgIpc) is 3.07. The second-order valence-electron chi connectivity index (χ2n) is 6.66. The highest BCUT2D eigenvalue weighted by Crippen LogP contribution is 2.34. The minimum Gasteiger partial charge on any atom is -0.0620 e. The van der Waals surface area contributed by atoms with Gasteiger partial charge < -0.3 is 0 Å². The first-order chi connectivity index (χ1) is 9.88.